The number of amides is 1. The van der Waals surface area contributed by atoms with Crippen LogP contribution in [0.3, 0.4) is 0 Å². The molecule has 0 bridgehead atoms. The monoisotopic (exact) mass is 247 g/mol. The second-order valence-electron chi connectivity index (χ2n) is 3.45. The van der Waals surface area contributed by atoms with Gasteiger partial charge in [0.05, 0.1) is 12.1 Å². The highest BCUT2D eigenvalue weighted by Crippen LogP contribution is 1.98. The van der Waals surface area contributed by atoms with Crippen LogP contribution in [0, 0.1) is 11.3 Å². The van der Waals surface area contributed by atoms with Crippen LogP contribution in [-0.2, 0) is 14.8 Å². The summed E-state index contributed by atoms with van der Waals surface area (Å²) in [7, 11) is -3.75. The molecule has 0 aromatic rings. The zero-order chi connectivity index (χ0) is 12.8. The Bertz CT molecular complexity index is 372. The van der Waals surface area contributed by atoms with E-state index in [1.165, 1.54) is 13.8 Å². The molecule has 0 aliphatic heterocycles. The molecular formula is C9H17N3O3S. The summed E-state index contributed by atoms with van der Waals surface area (Å²) in [4.78, 5) is 11.4. The second-order valence-corrected chi connectivity index (χ2v) is 5.48. The van der Waals surface area contributed by atoms with Crippen molar-refractivity contribution >= 4 is 15.9 Å². The van der Waals surface area contributed by atoms with Crippen LogP contribution in [0.4, 0.5) is 0 Å². The third kappa shape index (κ3) is 4.59. The molecule has 0 aromatic carbocycles. The standard InChI is InChI=1S/C9H17N3O3S/c1-4-5-11-9(13)8(3)12-16(14,15)7(2)6-10/h7-8,12H,4-5H2,1-3H3,(H,11,13). The van der Waals surface area contributed by atoms with Crippen molar-refractivity contribution in [3.8, 4) is 6.07 Å². The number of nitrogens with zero attached hydrogens (tertiary/aromatic N) is 1. The van der Waals surface area contributed by atoms with Crippen LogP contribution < -0.4 is 10.0 Å². The molecular weight excluding hydrogens is 230 g/mol. The van der Waals surface area contributed by atoms with Gasteiger partial charge in [-0.05, 0) is 20.3 Å². The number of nitrogens with one attached hydrogen (secondary N) is 2. The Labute approximate surface area is 96.1 Å². The third-order valence-electron chi connectivity index (χ3n) is 1.93. The molecule has 16 heavy (non-hydrogen) atoms. The van der Waals surface area contributed by atoms with Gasteiger partial charge < -0.3 is 5.32 Å². The minimum absolute atomic E-state index is 0.393. The van der Waals surface area contributed by atoms with Gasteiger partial charge in [0.25, 0.3) is 0 Å². The van der Waals surface area contributed by atoms with Crippen LogP contribution in [0.2, 0.25) is 0 Å². The normalized spacial score (nSPS) is 14.9. The van der Waals surface area contributed by atoms with Crippen molar-refractivity contribution in [3.63, 3.8) is 0 Å². The zero-order valence-corrected chi connectivity index (χ0v) is 10.5. The van der Waals surface area contributed by atoms with Gasteiger partial charge in [-0.25, -0.2) is 13.1 Å². The average Bonchev–Trinajstić information content (AvgIpc) is 2.23. The number of hydrogen-bond donors (Lipinski definition) is 2. The maximum absolute atomic E-state index is 11.4. The molecule has 92 valence electrons. The lowest BCUT2D eigenvalue weighted by molar-refractivity contribution is -0.122. The van der Waals surface area contributed by atoms with E-state index in [4.69, 9.17) is 5.26 Å². The van der Waals surface area contributed by atoms with Gasteiger partial charge in [-0.3, -0.25) is 4.79 Å². The summed E-state index contributed by atoms with van der Waals surface area (Å²) in [6.45, 7) is 5.09. The van der Waals surface area contributed by atoms with Gasteiger partial charge in [-0.15, -0.1) is 0 Å². The lowest BCUT2D eigenvalue weighted by Crippen LogP contribution is -2.47. The smallest absolute Gasteiger partial charge is 0.237 e. The highest BCUT2D eigenvalue weighted by atomic mass is 32.2. The number of nitriles is 1. The average molecular weight is 247 g/mol. The molecule has 2 atom stereocenters. The number of carbonyl (C=O) groups excluding carboxylic acids is 1. The maximum atomic E-state index is 11.4. The van der Waals surface area contributed by atoms with E-state index in [0.717, 1.165) is 6.42 Å². The van der Waals surface area contributed by atoms with Crippen molar-refractivity contribution in [3.05, 3.63) is 0 Å². The first kappa shape index (κ1) is 14.9. The minimum atomic E-state index is -3.75. The van der Waals surface area contributed by atoms with Gasteiger partial charge in [0.15, 0.2) is 5.25 Å². The lowest BCUT2D eigenvalue weighted by atomic mass is 10.3. The molecule has 0 radical (unpaired) electrons. The Hall–Kier alpha value is -1.13. The van der Waals surface area contributed by atoms with Crippen molar-refractivity contribution < 1.29 is 13.2 Å². The molecule has 0 saturated heterocycles. The summed E-state index contributed by atoms with van der Waals surface area (Å²) in [5, 5.41) is 9.88. The molecule has 2 unspecified atom stereocenters. The highest BCUT2D eigenvalue weighted by molar-refractivity contribution is 7.90. The summed E-state index contributed by atoms with van der Waals surface area (Å²) in [5.74, 6) is -0.393. The van der Waals surface area contributed by atoms with Gasteiger partial charge >= 0.3 is 0 Å². The van der Waals surface area contributed by atoms with E-state index in [-0.39, 0.29) is 0 Å². The van der Waals surface area contributed by atoms with Crippen molar-refractivity contribution in [2.45, 2.75) is 38.5 Å². The Balaban J connectivity index is 4.40. The van der Waals surface area contributed by atoms with Gasteiger partial charge in [-0.2, -0.15) is 5.26 Å². The summed E-state index contributed by atoms with van der Waals surface area (Å²) < 4.78 is 25.0. The number of rotatable bonds is 6. The predicted molar refractivity (Wildman–Crippen MR) is 59.9 cm³/mol. The Morgan fingerprint density at radius 3 is 2.44 bits per heavy atom. The number of sulfonamides is 1. The fraction of sp³-hybridized carbons (Fsp3) is 0.778. The van der Waals surface area contributed by atoms with Gasteiger partial charge in [0.2, 0.25) is 15.9 Å². The van der Waals surface area contributed by atoms with Gasteiger partial charge in [0.1, 0.15) is 0 Å². The fourth-order valence-electron chi connectivity index (χ4n) is 0.873. The largest absolute Gasteiger partial charge is 0.355 e. The maximum Gasteiger partial charge on any atom is 0.237 e. The van der Waals surface area contributed by atoms with Crippen LogP contribution in [0.5, 0.6) is 0 Å². The zero-order valence-electron chi connectivity index (χ0n) is 9.65. The summed E-state index contributed by atoms with van der Waals surface area (Å²) >= 11 is 0. The Kier molecular flexibility index (Phi) is 6.00. The van der Waals surface area contributed by atoms with E-state index in [0.29, 0.717) is 6.54 Å². The molecule has 2 N–H and O–H groups in total. The lowest BCUT2D eigenvalue weighted by Gasteiger charge is -2.14. The SMILES string of the molecule is CCCNC(=O)C(C)NS(=O)(=O)C(C)C#N. The molecule has 7 heteroatoms. The van der Waals surface area contributed by atoms with E-state index < -0.39 is 27.2 Å². The second kappa shape index (κ2) is 6.45. The molecule has 0 fully saturated rings. The van der Waals surface area contributed by atoms with Crippen LogP contribution in [0.15, 0.2) is 0 Å². The predicted octanol–water partition coefficient (Wildman–Crippen LogP) is -0.267. The molecule has 6 nitrogen and oxygen atoms in total. The van der Waals surface area contributed by atoms with Gasteiger partial charge in [0, 0.05) is 6.54 Å². The number of hydrogen-bond acceptors (Lipinski definition) is 4. The molecule has 0 aliphatic rings. The van der Waals surface area contributed by atoms with E-state index in [2.05, 4.69) is 10.0 Å². The molecule has 0 heterocycles. The molecule has 1 amide bonds. The first-order valence-corrected chi connectivity index (χ1v) is 6.58. The number of carbonyl (C=O) groups is 1. The fourth-order valence-corrected chi connectivity index (χ4v) is 1.82. The van der Waals surface area contributed by atoms with E-state index in [1.54, 1.807) is 6.07 Å². The summed E-state index contributed by atoms with van der Waals surface area (Å²) in [6.07, 6.45) is 0.778. The van der Waals surface area contributed by atoms with Crippen molar-refractivity contribution in [1.82, 2.24) is 10.0 Å². The molecule has 0 rings (SSSR count). The first-order valence-electron chi connectivity index (χ1n) is 5.03. The van der Waals surface area contributed by atoms with Crippen LogP contribution in [0.25, 0.3) is 0 Å². The topological polar surface area (TPSA) is 99.1 Å². The molecule has 0 aliphatic carbocycles. The van der Waals surface area contributed by atoms with Crippen molar-refractivity contribution in [1.29, 1.82) is 5.26 Å². The van der Waals surface area contributed by atoms with E-state index >= 15 is 0 Å². The third-order valence-corrected chi connectivity index (χ3v) is 3.65. The Morgan fingerprint density at radius 2 is 2.00 bits per heavy atom. The van der Waals surface area contributed by atoms with E-state index in [1.807, 2.05) is 6.92 Å². The van der Waals surface area contributed by atoms with Crippen molar-refractivity contribution in [2.75, 3.05) is 6.54 Å². The van der Waals surface area contributed by atoms with Crippen LogP contribution >= 0.6 is 0 Å². The van der Waals surface area contributed by atoms with Gasteiger partial charge in [-0.1, -0.05) is 6.92 Å². The minimum Gasteiger partial charge on any atom is -0.355 e. The Morgan fingerprint density at radius 1 is 1.44 bits per heavy atom. The van der Waals surface area contributed by atoms with E-state index in [9.17, 15) is 13.2 Å². The highest BCUT2D eigenvalue weighted by Gasteiger charge is 2.25. The van der Waals surface area contributed by atoms with Crippen LogP contribution in [-0.4, -0.2) is 32.2 Å². The molecule has 0 spiro atoms. The first-order chi connectivity index (χ1) is 7.35. The van der Waals surface area contributed by atoms with Crippen LogP contribution in [0.1, 0.15) is 27.2 Å². The quantitative estimate of drug-likeness (QED) is 0.675. The summed E-state index contributed by atoms with van der Waals surface area (Å²) in [6, 6.07) is 0.742. The van der Waals surface area contributed by atoms with Crippen molar-refractivity contribution in [2.24, 2.45) is 0 Å². The summed E-state index contributed by atoms with van der Waals surface area (Å²) in [5.41, 5.74) is 0. The molecule has 0 aromatic heterocycles. The molecule has 0 saturated carbocycles.